The molecule has 0 N–H and O–H groups in total. The summed E-state index contributed by atoms with van der Waals surface area (Å²) in [7, 11) is 0. The molecule has 1 nitrogen and oxygen atoms in total. The van der Waals surface area contributed by atoms with Crippen molar-refractivity contribution in [1.29, 1.82) is 0 Å². The molecule has 0 aromatic rings. The Morgan fingerprint density at radius 2 is 1.64 bits per heavy atom. The third-order valence-corrected chi connectivity index (χ3v) is 3.68. The van der Waals surface area contributed by atoms with Gasteiger partial charge in [0, 0.05) is 12.3 Å². The number of ketones is 1. The Kier molecular flexibility index (Phi) is 4.64. The van der Waals surface area contributed by atoms with Gasteiger partial charge in [-0.15, -0.1) is 0 Å². The Hall–Kier alpha value is -0.330. The lowest BCUT2D eigenvalue weighted by Crippen LogP contribution is -2.19. The minimum Gasteiger partial charge on any atom is -0.299 e. The fourth-order valence-corrected chi connectivity index (χ4v) is 2.36. The summed E-state index contributed by atoms with van der Waals surface area (Å²) in [6, 6.07) is 0. The van der Waals surface area contributed by atoms with Gasteiger partial charge >= 0.3 is 0 Å². The first-order valence-corrected chi connectivity index (χ1v) is 6.16. The number of Topliss-reactive ketones (excluding diaryl/α,β-unsaturated/α-hetero) is 1. The molecule has 1 heteroatoms. The number of hydrogen-bond donors (Lipinski definition) is 0. The molecule has 0 aliphatic heterocycles. The van der Waals surface area contributed by atoms with E-state index in [0.717, 1.165) is 12.3 Å². The highest BCUT2D eigenvalue weighted by molar-refractivity contribution is 5.80. The maximum Gasteiger partial charge on any atom is 0.135 e. The minimum atomic E-state index is 0.235. The lowest BCUT2D eigenvalue weighted by atomic mass is 9.78. The molecule has 82 valence electrons. The van der Waals surface area contributed by atoms with E-state index in [4.69, 9.17) is 0 Å². The Morgan fingerprint density at radius 1 is 1.14 bits per heavy atom. The minimum absolute atomic E-state index is 0.235. The van der Waals surface area contributed by atoms with Gasteiger partial charge in [0.25, 0.3) is 0 Å². The van der Waals surface area contributed by atoms with Gasteiger partial charge in [0.1, 0.15) is 5.78 Å². The Bertz CT molecular complexity index is 176. The van der Waals surface area contributed by atoms with Crippen molar-refractivity contribution in [2.75, 3.05) is 0 Å². The van der Waals surface area contributed by atoms with E-state index in [1.165, 1.54) is 32.1 Å². The lowest BCUT2D eigenvalue weighted by molar-refractivity contribution is -0.123. The number of carbonyl (C=O) groups is 1. The molecule has 0 aromatic carbocycles. The molecule has 1 saturated carbocycles. The van der Waals surface area contributed by atoms with Crippen molar-refractivity contribution >= 4 is 5.78 Å². The van der Waals surface area contributed by atoms with E-state index in [1.807, 2.05) is 13.8 Å². The summed E-state index contributed by atoms with van der Waals surface area (Å²) in [5.74, 6) is 2.34. The Balaban J connectivity index is 2.25. The van der Waals surface area contributed by atoms with Gasteiger partial charge in [-0.25, -0.2) is 0 Å². The van der Waals surface area contributed by atoms with Crippen molar-refractivity contribution in [3.8, 4) is 0 Å². The summed E-state index contributed by atoms with van der Waals surface area (Å²) >= 11 is 0. The van der Waals surface area contributed by atoms with Crippen LogP contribution in [0.15, 0.2) is 0 Å². The van der Waals surface area contributed by atoms with E-state index in [2.05, 4.69) is 6.92 Å². The van der Waals surface area contributed by atoms with Gasteiger partial charge in [-0.1, -0.05) is 40.0 Å². The van der Waals surface area contributed by atoms with Crippen molar-refractivity contribution < 1.29 is 4.79 Å². The average Bonchev–Trinajstić information content (AvgIpc) is 2.19. The monoisotopic (exact) mass is 196 g/mol. The van der Waals surface area contributed by atoms with E-state index in [1.54, 1.807) is 0 Å². The van der Waals surface area contributed by atoms with Crippen molar-refractivity contribution in [3.05, 3.63) is 0 Å². The summed E-state index contributed by atoms with van der Waals surface area (Å²) in [5.41, 5.74) is 0. The molecule has 0 atom stereocenters. The van der Waals surface area contributed by atoms with Gasteiger partial charge in [0.05, 0.1) is 0 Å². The molecule has 14 heavy (non-hydrogen) atoms. The largest absolute Gasteiger partial charge is 0.299 e. The first-order chi connectivity index (χ1) is 6.63. The summed E-state index contributed by atoms with van der Waals surface area (Å²) in [4.78, 5) is 11.6. The predicted octanol–water partition coefficient (Wildman–Crippen LogP) is 3.82. The van der Waals surface area contributed by atoms with Gasteiger partial charge in [0.15, 0.2) is 0 Å². The average molecular weight is 196 g/mol. The molecular weight excluding hydrogens is 172 g/mol. The molecule has 1 aliphatic rings. The van der Waals surface area contributed by atoms with Crippen LogP contribution in [0.4, 0.5) is 0 Å². The zero-order valence-corrected chi connectivity index (χ0v) is 9.88. The van der Waals surface area contributed by atoms with Crippen molar-refractivity contribution in [2.24, 2.45) is 17.8 Å². The van der Waals surface area contributed by atoms with Crippen LogP contribution >= 0.6 is 0 Å². The SMILES string of the molecule is CC[C@H]1CC[C@@H](CC(=O)C(C)C)CC1. The normalized spacial score (nSPS) is 28.0. The molecule has 0 aromatic heterocycles. The molecule has 0 bridgehead atoms. The van der Waals surface area contributed by atoms with Crippen LogP contribution in [0.1, 0.15) is 59.3 Å². The Morgan fingerprint density at radius 3 is 2.07 bits per heavy atom. The van der Waals surface area contributed by atoms with Gasteiger partial charge in [-0.2, -0.15) is 0 Å². The van der Waals surface area contributed by atoms with Crippen LogP contribution in [-0.2, 0) is 4.79 Å². The molecule has 0 unspecified atom stereocenters. The molecule has 0 saturated heterocycles. The van der Waals surface area contributed by atoms with Crippen LogP contribution < -0.4 is 0 Å². The third-order valence-electron chi connectivity index (χ3n) is 3.68. The fraction of sp³-hybridized carbons (Fsp3) is 0.923. The van der Waals surface area contributed by atoms with Crippen LogP contribution in [0.3, 0.4) is 0 Å². The van der Waals surface area contributed by atoms with E-state index in [0.29, 0.717) is 11.7 Å². The maximum absolute atomic E-state index is 11.6. The smallest absolute Gasteiger partial charge is 0.135 e. The maximum atomic E-state index is 11.6. The second-order valence-corrected chi connectivity index (χ2v) is 5.12. The topological polar surface area (TPSA) is 17.1 Å². The highest BCUT2D eigenvalue weighted by Gasteiger charge is 2.22. The zero-order chi connectivity index (χ0) is 10.6. The second kappa shape index (κ2) is 5.53. The van der Waals surface area contributed by atoms with Crippen molar-refractivity contribution in [3.63, 3.8) is 0 Å². The summed E-state index contributed by atoms with van der Waals surface area (Å²) in [5, 5.41) is 0. The first-order valence-electron chi connectivity index (χ1n) is 6.16. The summed E-state index contributed by atoms with van der Waals surface area (Å²) in [6.45, 7) is 6.31. The molecular formula is C13H24O. The number of hydrogen-bond acceptors (Lipinski definition) is 1. The van der Waals surface area contributed by atoms with E-state index < -0.39 is 0 Å². The van der Waals surface area contributed by atoms with E-state index in [-0.39, 0.29) is 5.92 Å². The van der Waals surface area contributed by atoms with Gasteiger partial charge in [-0.05, 0) is 24.7 Å². The Labute approximate surface area is 88.3 Å². The van der Waals surface area contributed by atoms with Gasteiger partial charge < -0.3 is 0 Å². The van der Waals surface area contributed by atoms with Crippen LogP contribution in [-0.4, -0.2) is 5.78 Å². The molecule has 0 radical (unpaired) electrons. The van der Waals surface area contributed by atoms with Crippen LogP contribution in [0.25, 0.3) is 0 Å². The quantitative estimate of drug-likeness (QED) is 0.668. The molecule has 1 fully saturated rings. The lowest BCUT2D eigenvalue weighted by Gasteiger charge is -2.27. The molecule has 1 aliphatic carbocycles. The van der Waals surface area contributed by atoms with Gasteiger partial charge in [-0.3, -0.25) is 4.79 Å². The van der Waals surface area contributed by atoms with Crippen LogP contribution in [0.5, 0.6) is 0 Å². The fourth-order valence-electron chi connectivity index (χ4n) is 2.36. The van der Waals surface area contributed by atoms with Crippen LogP contribution in [0, 0.1) is 17.8 Å². The first kappa shape index (κ1) is 11.7. The van der Waals surface area contributed by atoms with E-state index in [9.17, 15) is 4.79 Å². The summed E-state index contributed by atoms with van der Waals surface area (Å²) in [6.07, 6.45) is 7.45. The predicted molar refractivity (Wildman–Crippen MR) is 60.2 cm³/mol. The highest BCUT2D eigenvalue weighted by Crippen LogP contribution is 2.32. The molecule has 0 spiro atoms. The van der Waals surface area contributed by atoms with E-state index >= 15 is 0 Å². The molecule has 0 heterocycles. The number of rotatable bonds is 4. The highest BCUT2D eigenvalue weighted by atomic mass is 16.1. The standard InChI is InChI=1S/C13H24O/c1-4-11-5-7-12(8-6-11)9-13(14)10(2)3/h10-12H,4-9H2,1-3H3/t11-,12+. The third kappa shape index (κ3) is 3.43. The zero-order valence-electron chi connectivity index (χ0n) is 9.88. The van der Waals surface area contributed by atoms with Crippen molar-refractivity contribution in [1.82, 2.24) is 0 Å². The molecule has 0 amide bonds. The number of carbonyl (C=O) groups excluding carboxylic acids is 1. The van der Waals surface area contributed by atoms with Crippen molar-refractivity contribution in [2.45, 2.75) is 59.3 Å². The van der Waals surface area contributed by atoms with Gasteiger partial charge in [0.2, 0.25) is 0 Å². The van der Waals surface area contributed by atoms with Crippen LogP contribution in [0.2, 0.25) is 0 Å². The summed E-state index contributed by atoms with van der Waals surface area (Å²) < 4.78 is 0. The molecule has 1 rings (SSSR count). The second-order valence-electron chi connectivity index (χ2n) is 5.12.